The molecule has 0 radical (unpaired) electrons. The second-order valence-corrected chi connectivity index (χ2v) is 6.04. The van der Waals surface area contributed by atoms with Crippen LogP contribution >= 0.6 is 0 Å². The monoisotopic (exact) mass is 276 g/mol. The predicted molar refractivity (Wildman–Crippen MR) is 79.7 cm³/mol. The number of nitrogens with zero attached hydrogens (tertiary/aromatic N) is 2. The van der Waals surface area contributed by atoms with Gasteiger partial charge in [0, 0.05) is 12.1 Å². The number of likely N-dealkylation sites (N-methyl/N-ethyl adjacent to an activating group) is 2. The van der Waals surface area contributed by atoms with E-state index >= 15 is 0 Å². The Kier molecular flexibility index (Phi) is 4.45. The third-order valence-electron chi connectivity index (χ3n) is 4.57. The number of rotatable bonds is 6. The Bertz CT molecular complexity index is 455. The quantitative estimate of drug-likeness (QED) is 0.865. The van der Waals surface area contributed by atoms with Crippen LogP contribution in [0.4, 0.5) is 0 Å². The lowest BCUT2D eigenvalue weighted by molar-refractivity contribution is -0.144. The molecular formula is C16H24N2O2. The lowest BCUT2D eigenvalue weighted by atomic mass is 9.75. The van der Waals surface area contributed by atoms with Crippen molar-refractivity contribution in [2.45, 2.75) is 30.8 Å². The Morgan fingerprint density at radius 2 is 1.85 bits per heavy atom. The molecule has 4 heteroatoms. The molecule has 1 aliphatic carbocycles. The van der Waals surface area contributed by atoms with E-state index in [1.165, 1.54) is 6.42 Å². The number of carboxylic acid groups (broad SMARTS) is 1. The van der Waals surface area contributed by atoms with E-state index in [9.17, 15) is 9.90 Å². The molecule has 1 saturated carbocycles. The fraction of sp³-hybridized carbons (Fsp3) is 0.562. The van der Waals surface area contributed by atoms with Crippen LogP contribution in [0.15, 0.2) is 30.3 Å². The second-order valence-electron chi connectivity index (χ2n) is 6.04. The van der Waals surface area contributed by atoms with Crippen LogP contribution in [0, 0.1) is 0 Å². The van der Waals surface area contributed by atoms with Crippen molar-refractivity contribution >= 4 is 5.97 Å². The molecule has 1 atom stereocenters. The highest BCUT2D eigenvalue weighted by Crippen LogP contribution is 2.38. The van der Waals surface area contributed by atoms with Gasteiger partial charge in [0.15, 0.2) is 0 Å². The summed E-state index contributed by atoms with van der Waals surface area (Å²) in [7, 11) is 6.09. The van der Waals surface area contributed by atoms with Gasteiger partial charge in [-0.25, -0.2) is 0 Å². The highest BCUT2D eigenvalue weighted by molar-refractivity contribution is 5.75. The Labute approximate surface area is 121 Å². The standard InChI is InChI=1S/C16H24N2O2/c1-17(2)16(10-7-11-16)12-18(3)14(15(19)20)13-8-5-4-6-9-13/h4-6,8-9,14H,7,10-12H2,1-3H3,(H,19,20). The highest BCUT2D eigenvalue weighted by Gasteiger charge is 2.41. The minimum atomic E-state index is -0.785. The fourth-order valence-electron chi connectivity index (χ4n) is 3.11. The van der Waals surface area contributed by atoms with Crippen molar-refractivity contribution in [1.29, 1.82) is 0 Å². The average Bonchev–Trinajstić information content (AvgIpc) is 2.34. The SMILES string of the molecule is CN(CC1(N(C)C)CCC1)C(C(=O)O)c1ccccc1. The first kappa shape index (κ1) is 15.0. The van der Waals surface area contributed by atoms with Gasteiger partial charge >= 0.3 is 5.97 Å². The predicted octanol–water partition coefficient (Wildman–Crippen LogP) is 2.23. The molecule has 1 N–H and O–H groups in total. The zero-order valence-corrected chi connectivity index (χ0v) is 12.5. The van der Waals surface area contributed by atoms with Gasteiger partial charge in [0.2, 0.25) is 0 Å². The van der Waals surface area contributed by atoms with E-state index in [-0.39, 0.29) is 5.54 Å². The van der Waals surface area contributed by atoms with Crippen LogP contribution in [0.1, 0.15) is 30.9 Å². The Morgan fingerprint density at radius 1 is 1.25 bits per heavy atom. The summed E-state index contributed by atoms with van der Waals surface area (Å²) in [4.78, 5) is 15.9. The molecule has 1 unspecified atom stereocenters. The summed E-state index contributed by atoms with van der Waals surface area (Å²) in [5.74, 6) is -0.785. The minimum Gasteiger partial charge on any atom is -0.480 e. The molecule has 2 rings (SSSR count). The summed E-state index contributed by atoms with van der Waals surface area (Å²) < 4.78 is 0. The Balaban J connectivity index is 2.16. The molecule has 0 bridgehead atoms. The number of benzene rings is 1. The van der Waals surface area contributed by atoms with Crippen molar-refractivity contribution in [3.8, 4) is 0 Å². The molecule has 0 saturated heterocycles. The molecule has 1 aliphatic rings. The Morgan fingerprint density at radius 3 is 2.25 bits per heavy atom. The van der Waals surface area contributed by atoms with Crippen LogP contribution in [0.5, 0.6) is 0 Å². The van der Waals surface area contributed by atoms with Gasteiger partial charge in [-0.05, 0) is 46.0 Å². The van der Waals surface area contributed by atoms with Gasteiger partial charge in [-0.15, -0.1) is 0 Å². The topological polar surface area (TPSA) is 43.8 Å². The van der Waals surface area contributed by atoms with Gasteiger partial charge in [0.25, 0.3) is 0 Å². The van der Waals surface area contributed by atoms with Crippen molar-refractivity contribution in [3.63, 3.8) is 0 Å². The van der Waals surface area contributed by atoms with Gasteiger partial charge in [0.05, 0.1) is 0 Å². The first-order valence-electron chi connectivity index (χ1n) is 7.12. The van der Waals surface area contributed by atoms with E-state index in [0.29, 0.717) is 0 Å². The molecule has 1 aromatic carbocycles. The normalized spacial score (nSPS) is 18.9. The Hall–Kier alpha value is -1.39. The first-order valence-corrected chi connectivity index (χ1v) is 7.12. The molecule has 1 aromatic rings. The van der Waals surface area contributed by atoms with Crippen LogP contribution in [0.3, 0.4) is 0 Å². The number of carbonyl (C=O) groups is 1. The van der Waals surface area contributed by atoms with Crippen molar-refractivity contribution in [2.24, 2.45) is 0 Å². The number of aliphatic carboxylic acids is 1. The average molecular weight is 276 g/mol. The van der Waals surface area contributed by atoms with E-state index in [4.69, 9.17) is 0 Å². The molecule has 1 fully saturated rings. The van der Waals surface area contributed by atoms with Crippen molar-refractivity contribution in [3.05, 3.63) is 35.9 Å². The van der Waals surface area contributed by atoms with Gasteiger partial charge in [-0.1, -0.05) is 30.3 Å². The zero-order chi connectivity index (χ0) is 14.8. The van der Waals surface area contributed by atoms with Crippen LogP contribution < -0.4 is 0 Å². The number of hydrogen-bond donors (Lipinski definition) is 1. The molecule has 0 aromatic heterocycles. The minimum absolute atomic E-state index is 0.136. The summed E-state index contributed by atoms with van der Waals surface area (Å²) in [6, 6.07) is 8.90. The van der Waals surface area contributed by atoms with E-state index in [1.807, 2.05) is 42.3 Å². The molecule has 0 amide bonds. The highest BCUT2D eigenvalue weighted by atomic mass is 16.4. The fourth-order valence-corrected chi connectivity index (χ4v) is 3.11. The number of carboxylic acids is 1. The summed E-state index contributed by atoms with van der Waals surface area (Å²) in [5.41, 5.74) is 0.979. The second kappa shape index (κ2) is 5.94. The summed E-state index contributed by atoms with van der Waals surface area (Å²) in [6.07, 6.45) is 3.52. The van der Waals surface area contributed by atoms with E-state index in [1.54, 1.807) is 0 Å². The van der Waals surface area contributed by atoms with Crippen LogP contribution in [0.25, 0.3) is 0 Å². The molecule has 0 aliphatic heterocycles. The number of hydrogen-bond acceptors (Lipinski definition) is 3. The van der Waals surface area contributed by atoms with Gasteiger partial charge in [-0.3, -0.25) is 9.69 Å². The molecule has 0 spiro atoms. The maximum absolute atomic E-state index is 11.6. The lowest BCUT2D eigenvalue weighted by Crippen LogP contribution is -2.57. The van der Waals surface area contributed by atoms with E-state index in [2.05, 4.69) is 19.0 Å². The third-order valence-corrected chi connectivity index (χ3v) is 4.57. The smallest absolute Gasteiger partial charge is 0.325 e. The van der Waals surface area contributed by atoms with Crippen molar-refractivity contribution in [2.75, 3.05) is 27.7 Å². The lowest BCUT2D eigenvalue weighted by Gasteiger charge is -2.50. The van der Waals surface area contributed by atoms with Crippen LogP contribution in [-0.2, 0) is 4.79 Å². The van der Waals surface area contributed by atoms with Crippen molar-refractivity contribution in [1.82, 2.24) is 9.80 Å². The van der Waals surface area contributed by atoms with Crippen LogP contribution in [0.2, 0.25) is 0 Å². The molecule has 110 valence electrons. The summed E-state index contributed by atoms with van der Waals surface area (Å²) in [5, 5.41) is 9.57. The molecule has 20 heavy (non-hydrogen) atoms. The van der Waals surface area contributed by atoms with Gasteiger partial charge < -0.3 is 10.0 Å². The largest absolute Gasteiger partial charge is 0.480 e. The summed E-state index contributed by atoms with van der Waals surface area (Å²) in [6.45, 7) is 0.784. The molecular weight excluding hydrogens is 252 g/mol. The van der Waals surface area contributed by atoms with Crippen LogP contribution in [-0.4, -0.2) is 54.1 Å². The maximum atomic E-state index is 11.6. The van der Waals surface area contributed by atoms with Crippen molar-refractivity contribution < 1.29 is 9.90 Å². The third kappa shape index (κ3) is 2.86. The molecule has 4 nitrogen and oxygen atoms in total. The first-order chi connectivity index (χ1) is 9.46. The van der Waals surface area contributed by atoms with E-state index < -0.39 is 12.0 Å². The maximum Gasteiger partial charge on any atom is 0.325 e. The van der Waals surface area contributed by atoms with Gasteiger partial charge in [-0.2, -0.15) is 0 Å². The van der Waals surface area contributed by atoms with E-state index in [0.717, 1.165) is 24.9 Å². The molecule has 0 heterocycles. The zero-order valence-electron chi connectivity index (χ0n) is 12.5. The summed E-state index contributed by atoms with van der Waals surface area (Å²) >= 11 is 0. The van der Waals surface area contributed by atoms with Gasteiger partial charge in [0.1, 0.15) is 6.04 Å².